The molecular formula is C22H25N3O6. The van der Waals surface area contributed by atoms with Crippen LogP contribution in [-0.2, 0) is 14.4 Å². The van der Waals surface area contributed by atoms with Crippen LogP contribution in [0.4, 0.5) is 4.79 Å². The SMILES string of the molecule is O=C1C(=O)N(C2CCCC2)C(=O)N1CC(=O)N1CCC[C@H]1c1ccc2c(c1)OCCO2. The Morgan fingerprint density at radius 1 is 0.935 bits per heavy atom. The van der Waals surface area contributed by atoms with Crippen molar-refractivity contribution >= 4 is 23.8 Å². The molecule has 0 radical (unpaired) electrons. The molecule has 1 aromatic carbocycles. The minimum atomic E-state index is -0.902. The third kappa shape index (κ3) is 3.41. The van der Waals surface area contributed by atoms with Crippen molar-refractivity contribution in [1.82, 2.24) is 14.7 Å². The van der Waals surface area contributed by atoms with Crippen molar-refractivity contribution in [2.24, 2.45) is 0 Å². The first-order valence-electron chi connectivity index (χ1n) is 10.9. The lowest BCUT2D eigenvalue weighted by molar-refractivity contribution is -0.145. The summed E-state index contributed by atoms with van der Waals surface area (Å²) in [5.74, 6) is -0.703. The van der Waals surface area contributed by atoms with Gasteiger partial charge in [-0.1, -0.05) is 18.9 Å². The Morgan fingerprint density at radius 3 is 2.45 bits per heavy atom. The van der Waals surface area contributed by atoms with E-state index < -0.39 is 24.4 Å². The Kier molecular flexibility index (Phi) is 5.03. The number of fused-ring (bicyclic) bond motifs is 1. The number of ether oxygens (including phenoxy) is 2. The van der Waals surface area contributed by atoms with Gasteiger partial charge in [0.2, 0.25) is 5.91 Å². The maximum atomic E-state index is 13.1. The summed E-state index contributed by atoms with van der Waals surface area (Å²) in [4.78, 5) is 54.3. The predicted molar refractivity (Wildman–Crippen MR) is 107 cm³/mol. The van der Waals surface area contributed by atoms with Gasteiger partial charge < -0.3 is 14.4 Å². The first-order valence-corrected chi connectivity index (χ1v) is 10.9. The minimum absolute atomic E-state index is 0.169. The van der Waals surface area contributed by atoms with E-state index in [1.807, 2.05) is 18.2 Å². The number of carbonyl (C=O) groups is 4. The number of likely N-dealkylation sites (tertiary alicyclic amines) is 1. The second kappa shape index (κ2) is 7.86. The largest absolute Gasteiger partial charge is 0.486 e. The summed E-state index contributed by atoms with van der Waals surface area (Å²) < 4.78 is 11.2. The highest BCUT2D eigenvalue weighted by molar-refractivity contribution is 6.45. The lowest BCUT2D eigenvalue weighted by Crippen LogP contribution is -2.44. The van der Waals surface area contributed by atoms with Crippen molar-refractivity contribution < 1.29 is 28.7 Å². The first-order chi connectivity index (χ1) is 15.0. The molecule has 0 unspecified atom stereocenters. The third-order valence-electron chi connectivity index (χ3n) is 6.59. The Hall–Kier alpha value is -3.10. The number of hydrogen-bond donors (Lipinski definition) is 0. The van der Waals surface area contributed by atoms with Crippen molar-refractivity contribution in [3.63, 3.8) is 0 Å². The molecule has 9 heteroatoms. The van der Waals surface area contributed by atoms with E-state index in [0.29, 0.717) is 44.1 Å². The van der Waals surface area contributed by atoms with E-state index in [1.54, 1.807) is 4.90 Å². The quantitative estimate of drug-likeness (QED) is 0.538. The maximum Gasteiger partial charge on any atom is 0.334 e. The standard InChI is InChI=1S/C22H25N3O6/c26-19(13-24-20(27)21(28)25(22(24)29)15-4-1-2-5-15)23-9-3-6-16(23)14-7-8-17-18(12-14)31-11-10-30-17/h7-8,12,15-16H,1-6,9-11,13H2/t16-/m0/s1. The van der Waals surface area contributed by atoms with Gasteiger partial charge in [0.1, 0.15) is 19.8 Å². The number of nitrogens with zero attached hydrogens (tertiary/aromatic N) is 3. The van der Waals surface area contributed by atoms with Gasteiger partial charge in [0, 0.05) is 12.6 Å². The highest BCUT2D eigenvalue weighted by atomic mass is 16.6. The van der Waals surface area contributed by atoms with Crippen molar-refractivity contribution in [2.45, 2.75) is 50.6 Å². The van der Waals surface area contributed by atoms with Crippen LogP contribution < -0.4 is 9.47 Å². The van der Waals surface area contributed by atoms with Gasteiger partial charge in [-0.15, -0.1) is 0 Å². The topological polar surface area (TPSA) is 96.5 Å². The van der Waals surface area contributed by atoms with Crippen LogP contribution in [0.3, 0.4) is 0 Å². The fourth-order valence-corrected chi connectivity index (χ4v) is 5.05. The van der Waals surface area contributed by atoms with Crippen molar-refractivity contribution in [1.29, 1.82) is 0 Å². The van der Waals surface area contributed by atoms with Crippen molar-refractivity contribution in [3.8, 4) is 11.5 Å². The lowest BCUT2D eigenvalue weighted by Gasteiger charge is -2.28. The summed E-state index contributed by atoms with van der Waals surface area (Å²) in [7, 11) is 0. The average Bonchev–Trinajstić information content (AvgIpc) is 3.52. The summed E-state index contributed by atoms with van der Waals surface area (Å²) in [6, 6.07) is 4.59. The van der Waals surface area contributed by atoms with Crippen LogP contribution in [0.1, 0.15) is 50.1 Å². The Balaban J connectivity index is 1.31. The number of amides is 5. The van der Waals surface area contributed by atoms with Crippen LogP contribution in [-0.4, -0.2) is 70.8 Å². The van der Waals surface area contributed by atoms with Crippen LogP contribution in [0.2, 0.25) is 0 Å². The molecule has 2 saturated heterocycles. The number of rotatable bonds is 4. The Morgan fingerprint density at radius 2 is 1.68 bits per heavy atom. The number of urea groups is 1. The lowest BCUT2D eigenvalue weighted by atomic mass is 10.0. The van der Waals surface area contributed by atoms with E-state index in [4.69, 9.17) is 9.47 Å². The van der Waals surface area contributed by atoms with Gasteiger partial charge in [-0.3, -0.25) is 19.3 Å². The normalized spacial score (nSPS) is 23.9. The fourth-order valence-electron chi connectivity index (χ4n) is 5.05. The molecule has 0 bridgehead atoms. The van der Waals surface area contributed by atoms with Gasteiger partial charge in [0.25, 0.3) is 0 Å². The minimum Gasteiger partial charge on any atom is -0.486 e. The zero-order valence-electron chi connectivity index (χ0n) is 17.2. The molecule has 0 N–H and O–H groups in total. The predicted octanol–water partition coefficient (Wildman–Crippen LogP) is 1.85. The smallest absolute Gasteiger partial charge is 0.334 e. The molecule has 1 atom stereocenters. The van der Waals surface area contributed by atoms with Gasteiger partial charge in [-0.05, 0) is 43.4 Å². The number of carbonyl (C=O) groups excluding carboxylic acids is 4. The fraction of sp³-hybridized carbons (Fsp3) is 0.545. The molecule has 1 aliphatic carbocycles. The summed E-state index contributed by atoms with van der Waals surface area (Å²) in [6.07, 6.45) is 4.88. The summed E-state index contributed by atoms with van der Waals surface area (Å²) in [5, 5.41) is 0. The van der Waals surface area contributed by atoms with Crippen molar-refractivity contribution in [2.75, 3.05) is 26.3 Å². The average molecular weight is 427 g/mol. The van der Waals surface area contributed by atoms with E-state index in [-0.39, 0.29) is 18.0 Å². The molecule has 3 aliphatic heterocycles. The highest BCUT2D eigenvalue weighted by Crippen LogP contribution is 2.38. The van der Waals surface area contributed by atoms with Crippen molar-refractivity contribution in [3.05, 3.63) is 23.8 Å². The van der Waals surface area contributed by atoms with Crippen LogP contribution in [0.15, 0.2) is 18.2 Å². The summed E-state index contributed by atoms with van der Waals surface area (Å²) in [6.45, 7) is 1.12. The molecule has 3 fully saturated rings. The van der Waals surface area contributed by atoms with Crippen LogP contribution >= 0.6 is 0 Å². The zero-order chi connectivity index (χ0) is 21.5. The summed E-state index contributed by atoms with van der Waals surface area (Å²) >= 11 is 0. The maximum absolute atomic E-state index is 13.1. The molecule has 5 amide bonds. The van der Waals surface area contributed by atoms with Crippen LogP contribution in [0, 0.1) is 0 Å². The molecule has 0 spiro atoms. The van der Waals surface area contributed by atoms with Gasteiger partial charge in [0.05, 0.1) is 6.04 Å². The zero-order valence-corrected chi connectivity index (χ0v) is 17.2. The molecular weight excluding hydrogens is 402 g/mol. The number of benzene rings is 1. The molecule has 5 rings (SSSR count). The second-order valence-corrected chi connectivity index (χ2v) is 8.44. The van der Waals surface area contributed by atoms with E-state index in [9.17, 15) is 19.2 Å². The highest BCUT2D eigenvalue weighted by Gasteiger charge is 2.49. The first kappa shape index (κ1) is 19.8. The number of imide groups is 2. The molecule has 1 saturated carbocycles. The van der Waals surface area contributed by atoms with E-state index in [0.717, 1.165) is 41.0 Å². The third-order valence-corrected chi connectivity index (χ3v) is 6.59. The van der Waals surface area contributed by atoms with E-state index >= 15 is 0 Å². The van der Waals surface area contributed by atoms with E-state index in [1.165, 1.54) is 0 Å². The monoisotopic (exact) mass is 427 g/mol. The summed E-state index contributed by atoms with van der Waals surface area (Å²) in [5.41, 5.74) is 0.929. The number of hydrogen-bond acceptors (Lipinski definition) is 6. The second-order valence-electron chi connectivity index (χ2n) is 8.44. The van der Waals surface area contributed by atoms with Gasteiger partial charge in [0.15, 0.2) is 11.5 Å². The molecule has 9 nitrogen and oxygen atoms in total. The van der Waals surface area contributed by atoms with Gasteiger partial charge >= 0.3 is 17.8 Å². The Bertz CT molecular complexity index is 941. The molecule has 4 aliphatic rings. The molecule has 3 heterocycles. The van der Waals surface area contributed by atoms with Gasteiger partial charge in [-0.25, -0.2) is 9.69 Å². The molecule has 164 valence electrons. The van der Waals surface area contributed by atoms with Gasteiger partial charge in [-0.2, -0.15) is 0 Å². The molecule has 31 heavy (non-hydrogen) atoms. The van der Waals surface area contributed by atoms with E-state index in [2.05, 4.69) is 0 Å². The molecule has 0 aromatic heterocycles. The Labute approximate surface area is 179 Å². The van der Waals surface area contributed by atoms with Crippen LogP contribution in [0.25, 0.3) is 0 Å². The van der Waals surface area contributed by atoms with Crippen LogP contribution in [0.5, 0.6) is 11.5 Å². The molecule has 1 aromatic rings.